The summed E-state index contributed by atoms with van der Waals surface area (Å²) >= 11 is 5.16. The fourth-order valence-electron chi connectivity index (χ4n) is 2.75. The van der Waals surface area contributed by atoms with Gasteiger partial charge in [0, 0.05) is 25.8 Å². The van der Waals surface area contributed by atoms with E-state index in [1.54, 1.807) is 0 Å². The Hall–Kier alpha value is -1.20. The second kappa shape index (κ2) is 5.84. The smallest absolute Gasteiger partial charge is 0.138 e. The molecule has 5 heteroatoms. The summed E-state index contributed by atoms with van der Waals surface area (Å²) in [5.41, 5.74) is 7.83. The Bertz CT molecular complexity index is 475. The van der Waals surface area contributed by atoms with Crippen LogP contribution in [0.2, 0.25) is 0 Å². The highest BCUT2D eigenvalue weighted by molar-refractivity contribution is 7.80. The van der Waals surface area contributed by atoms with Gasteiger partial charge < -0.3 is 15.5 Å². The first-order chi connectivity index (χ1) is 9.00. The first-order valence-corrected chi connectivity index (χ1v) is 7.08. The molecule has 0 amide bonds. The van der Waals surface area contributed by atoms with Crippen molar-refractivity contribution in [3.63, 3.8) is 0 Å². The SMILES string of the molecule is Cc1ccnc(N(C)CC2CCCN2C)c1C(N)=S. The van der Waals surface area contributed by atoms with Crippen LogP contribution in [0.4, 0.5) is 5.82 Å². The van der Waals surface area contributed by atoms with Crippen LogP contribution in [0.3, 0.4) is 0 Å². The first kappa shape index (κ1) is 14.2. The molecule has 1 unspecified atom stereocenters. The summed E-state index contributed by atoms with van der Waals surface area (Å²) in [6.45, 7) is 4.17. The van der Waals surface area contributed by atoms with Crippen LogP contribution in [0, 0.1) is 6.92 Å². The van der Waals surface area contributed by atoms with Crippen molar-refractivity contribution in [3.8, 4) is 0 Å². The molecule has 1 aliphatic heterocycles. The minimum atomic E-state index is 0.423. The molecule has 1 aromatic heterocycles. The van der Waals surface area contributed by atoms with Gasteiger partial charge in [0.05, 0.1) is 5.56 Å². The molecule has 0 aliphatic carbocycles. The number of thiocarbonyl (C=S) groups is 1. The Kier molecular flexibility index (Phi) is 4.37. The zero-order chi connectivity index (χ0) is 14.0. The van der Waals surface area contributed by atoms with Crippen molar-refractivity contribution in [2.24, 2.45) is 5.73 Å². The van der Waals surface area contributed by atoms with Crippen molar-refractivity contribution in [2.75, 3.05) is 32.1 Å². The summed E-state index contributed by atoms with van der Waals surface area (Å²) in [7, 11) is 4.25. The number of nitrogens with zero attached hydrogens (tertiary/aromatic N) is 3. The van der Waals surface area contributed by atoms with Crippen molar-refractivity contribution in [3.05, 3.63) is 23.4 Å². The van der Waals surface area contributed by atoms with Gasteiger partial charge in [0.2, 0.25) is 0 Å². The van der Waals surface area contributed by atoms with Gasteiger partial charge >= 0.3 is 0 Å². The van der Waals surface area contributed by atoms with E-state index >= 15 is 0 Å². The van der Waals surface area contributed by atoms with Gasteiger partial charge in [0.15, 0.2) is 0 Å². The van der Waals surface area contributed by atoms with E-state index in [1.165, 1.54) is 19.4 Å². The van der Waals surface area contributed by atoms with Crippen LogP contribution in [0.25, 0.3) is 0 Å². The average molecular weight is 278 g/mol. The van der Waals surface area contributed by atoms with Gasteiger partial charge in [-0.1, -0.05) is 12.2 Å². The number of aromatic nitrogens is 1. The molecule has 2 N–H and O–H groups in total. The van der Waals surface area contributed by atoms with Gasteiger partial charge in [-0.25, -0.2) is 4.98 Å². The standard InChI is InChI=1S/C14H22N4S/c1-10-6-7-16-14(12(10)13(15)19)18(3)9-11-5-4-8-17(11)2/h6-7,11H,4-5,8-9H2,1-3H3,(H2,15,19). The molecule has 1 fully saturated rings. The Labute approximate surface area is 120 Å². The van der Waals surface area contributed by atoms with Crippen LogP contribution in [-0.2, 0) is 0 Å². The zero-order valence-corrected chi connectivity index (χ0v) is 12.7. The Morgan fingerprint density at radius 2 is 2.37 bits per heavy atom. The number of rotatable bonds is 4. The van der Waals surface area contributed by atoms with Gasteiger partial charge in [0.1, 0.15) is 10.8 Å². The van der Waals surface area contributed by atoms with E-state index in [0.717, 1.165) is 23.5 Å². The molecule has 1 saturated heterocycles. The lowest BCUT2D eigenvalue weighted by Crippen LogP contribution is -2.37. The van der Waals surface area contributed by atoms with Crippen LogP contribution in [0.1, 0.15) is 24.0 Å². The van der Waals surface area contributed by atoms with Crippen molar-refractivity contribution >= 4 is 23.0 Å². The number of anilines is 1. The van der Waals surface area contributed by atoms with Crippen LogP contribution in [-0.4, -0.2) is 48.1 Å². The van der Waals surface area contributed by atoms with Gasteiger partial charge in [-0.15, -0.1) is 0 Å². The predicted octanol–water partition coefficient (Wildman–Crippen LogP) is 1.55. The van der Waals surface area contributed by atoms with Crippen molar-refractivity contribution in [1.29, 1.82) is 0 Å². The number of nitrogens with two attached hydrogens (primary N) is 1. The summed E-state index contributed by atoms with van der Waals surface area (Å²) in [6.07, 6.45) is 4.34. The molecule has 104 valence electrons. The minimum absolute atomic E-state index is 0.423. The van der Waals surface area contributed by atoms with Crippen LogP contribution < -0.4 is 10.6 Å². The van der Waals surface area contributed by atoms with E-state index < -0.39 is 0 Å². The quantitative estimate of drug-likeness (QED) is 0.847. The number of hydrogen-bond acceptors (Lipinski definition) is 4. The second-order valence-corrected chi connectivity index (χ2v) is 5.79. The maximum absolute atomic E-state index is 5.84. The fraction of sp³-hybridized carbons (Fsp3) is 0.571. The zero-order valence-electron chi connectivity index (χ0n) is 11.9. The number of hydrogen-bond donors (Lipinski definition) is 1. The highest BCUT2D eigenvalue weighted by Crippen LogP contribution is 2.22. The number of likely N-dealkylation sites (tertiary alicyclic amines) is 1. The summed E-state index contributed by atoms with van der Waals surface area (Å²) in [5, 5.41) is 0. The maximum atomic E-state index is 5.84. The highest BCUT2D eigenvalue weighted by atomic mass is 32.1. The molecule has 0 bridgehead atoms. The van der Waals surface area contributed by atoms with E-state index in [9.17, 15) is 0 Å². The van der Waals surface area contributed by atoms with E-state index in [4.69, 9.17) is 18.0 Å². The summed E-state index contributed by atoms with van der Waals surface area (Å²) < 4.78 is 0. The lowest BCUT2D eigenvalue weighted by molar-refractivity contribution is 0.314. The van der Waals surface area contributed by atoms with Crippen LogP contribution in [0.5, 0.6) is 0 Å². The first-order valence-electron chi connectivity index (χ1n) is 6.67. The van der Waals surface area contributed by atoms with Gasteiger partial charge in [-0.3, -0.25) is 0 Å². The molecule has 1 aliphatic rings. The Morgan fingerprint density at radius 1 is 1.63 bits per heavy atom. The number of aryl methyl sites for hydroxylation is 1. The summed E-state index contributed by atoms with van der Waals surface area (Å²) in [4.78, 5) is 9.48. The molecule has 0 saturated carbocycles. The number of pyridine rings is 1. The number of likely N-dealkylation sites (N-methyl/N-ethyl adjacent to an activating group) is 2. The van der Waals surface area contributed by atoms with Gasteiger partial charge in [-0.2, -0.15) is 0 Å². The molecule has 1 aromatic rings. The molecule has 1 atom stereocenters. The van der Waals surface area contributed by atoms with E-state index in [-0.39, 0.29) is 0 Å². The molecule has 19 heavy (non-hydrogen) atoms. The third kappa shape index (κ3) is 3.04. The molecule has 2 heterocycles. The lowest BCUT2D eigenvalue weighted by Gasteiger charge is -2.28. The van der Waals surface area contributed by atoms with E-state index in [0.29, 0.717) is 11.0 Å². The fourth-order valence-corrected chi connectivity index (χ4v) is 3.00. The molecule has 4 nitrogen and oxygen atoms in total. The third-order valence-electron chi connectivity index (χ3n) is 3.90. The lowest BCUT2D eigenvalue weighted by atomic mass is 10.1. The molecule has 0 radical (unpaired) electrons. The van der Waals surface area contributed by atoms with E-state index in [1.807, 2.05) is 19.2 Å². The molecular formula is C14H22N4S. The van der Waals surface area contributed by atoms with Crippen LogP contribution >= 0.6 is 12.2 Å². The topological polar surface area (TPSA) is 45.4 Å². The second-order valence-electron chi connectivity index (χ2n) is 5.35. The van der Waals surface area contributed by atoms with Crippen LogP contribution in [0.15, 0.2) is 12.3 Å². The largest absolute Gasteiger partial charge is 0.389 e. The van der Waals surface area contributed by atoms with Gasteiger partial charge in [-0.05, 0) is 45.0 Å². The van der Waals surface area contributed by atoms with Crippen molar-refractivity contribution in [2.45, 2.75) is 25.8 Å². The average Bonchev–Trinajstić information content (AvgIpc) is 2.74. The monoisotopic (exact) mass is 278 g/mol. The Morgan fingerprint density at radius 3 is 2.95 bits per heavy atom. The highest BCUT2D eigenvalue weighted by Gasteiger charge is 2.24. The van der Waals surface area contributed by atoms with E-state index in [2.05, 4.69) is 28.9 Å². The summed E-state index contributed by atoms with van der Waals surface area (Å²) in [6, 6.07) is 2.54. The van der Waals surface area contributed by atoms with Crippen molar-refractivity contribution < 1.29 is 0 Å². The maximum Gasteiger partial charge on any atom is 0.138 e. The molecule has 2 rings (SSSR count). The predicted molar refractivity (Wildman–Crippen MR) is 83.8 cm³/mol. The Balaban J connectivity index is 2.21. The summed E-state index contributed by atoms with van der Waals surface area (Å²) in [5.74, 6) is 0.896. The third-order valence-corrected chi connectivity index (χ3v) is 4.11. The van der Waals surface area contributed by atoms with Gasteiger partial charge in [0.25, 0.3) is 0 Å². The molecule has 0 spiro atoms. The normalized spacial score (nSPS) is 19.6. The molecular weight excluding hydrogens is 256 g/mol. The van der Waals surface area contributed by atoms with Crippen molar-refractivity contribution in [1.82, 2.24) is 9.88 Å². The minimum Gasteiger partial charge on any atom is -0.389 e. The molecule has 0 aromatic carbocycles.